The second-order valence-corrected chi connectivity index (χ2v) is 5.21. The zero-order valence-corrected chi connectivity index (χ0v) is 11.7. The van der Waals surface area contributed by atoms with Crippen molar-refractivity contribution >= 4 is 34.6 Å². The van der Waals surface area contributed by atoms with Crippen molar-refractivity contribution in [1.29, 1.82) is 0 Å². The summed E-state index contributed by atoms with van der Waals surface area (Å²) in [6.07, 6.45) is 0. The number of ether oxygens (including phenoxy) is 1. The summed E-state index contributed by atoms with van der Waals surface area (Å²) in [5.41, 5.74) is 1.06. The van der Waals surface area contributed by atoms with Gasteiger partial charge in [0.2, 0.25) is 0 Å². The molecule has 1 aromatic heterocycles. The molecule has 0 spiro atoms. The molecular weight excluding hydrogens is 286 g/mol. The first-order valence-corrected chi connectivity index (χ1v) is 6.74. The fourth-order valence-electron chi connectivity index (χ4n) is 1.53. The monoisotopic (exact) mass is 297 g/mol. The van der Waals surface area contributed by atoms with Gasteiger partial charge in [-0.05, 0) is 18.2 Å². The van der Waals surface area contributed by atoms with E-state index < -0.39 is 5.97 Å². The van der Waals surface area contributed by atoms with E-state index in [0.29, 0.717) is 22.9 Å². The van der Waals surface area contributed by atoms with E-state index in [-0.39, 0.29) is 0 Å². The fourth-order valence-corrected chi connectivity index (χ4v) is 2.52. The SMILES string of the molecule is COc1ccc(Cl)c(NCc2cc(C(=O)O)cs2)c1. The lowest BCUT2D eigenvalue weighted by molar-refractivity contribution is 0.0697. The zero-order chi connectivity index (χ0) is 13.8. The van der Waals surface area contributed by atoms with Crippen molar-refractivity contribution < 1.29 is 14.6 Å². The highest BCUT2D eigenvalue weighted by atomic mass is 35.5. The molecule has 100 valence electrons. The Morgan fingerprint density at radius 3 is 2.89 bits per heavy atom. The van der Waals surface area contributed by atoms with Gasteiger partial charge < -0.3 is 15.2 Å². The Hall–Kier alpha value is -1.72. The van der Waals surface area contributed by atoms with E-state index in [1.807, 2.05) is 0 Å². The van der Waals surface area contributed by atoms with Crippen LogP contribution in [0.15, 0.2) is 29.6 Å². The van der Waals surface area contributed by atoms with Crippen LogP contribution in [0, 0.1) is 0 Å². The highest BCUT2D eigenvalue weighted by Gasteiger charge is 2.07. The van der Waals surface area contributed by atoms with Crippen molar-refractivity contribution in [3.8, 4) is 5.75 Å². The first kappa shape index (κ1) is 13.7. The normalized spacial score (nSPS) is 10.2. The summed E-state index contributed by atoms with van der Waals surface area (Å²) in [5.74, 6) is -0.203. The quantitative estimate of drug-likeness (QED) is 0.883. The van der Waals surface area contributed by atoms with Gasteiger partial charge in [-0.3, -0.25) is 0 Å². The molecule has 0 saturated heterocycles. The molecule has 0 atom stereocenters. The largest absolute Gasteiger partial charge is 0.497 e. The maximum absolute atomic E-state index is 10.8. The lowest BCUT2D eigenvalue weighted by atomic mass is 10.3. The Bertz CT molecular complexity index is 597. The molecule has 0 unspecified atom stereocenters. The second-order valence-electron chi connectivity index (χ2n) is 3.81. The Balaban J connectivity index is 2.07. The van der Waals surface area contributed by atoms with E-state index in [9.17, 15) is 4.79 Å². The summed E-state index contributed by atoms with van der Waals surface area (Å²) in [4.78, 5) is 11.7. The molecule has 0 amide bonds. The van der Waals surface area contributed by atoms with Gasteiger partial charge in [-0.1, -0.05) is 11.6 Å². The number of benzene rings is 1. The van der Waals surface area contributed by atoms with Crippen LogP contribution >= 0.6 is 22.9 Å². The number of carboxylic acid groups (broad SMARTS) is 1. The number of halogens is 1. The van der Waals surface area contributed by atoms with Gasteiger partial charge in [0.1, 0.15) is 5.75 Å². The molecule has 0 aliphatic rings. The number of hydrogen-bond donors (Lipinski definition) is 2. The van der Waals surface area contributed by atoms with Crippen LogP contribution < -0.4 is 10.1 Å². The minimum atomic E-state index is -0.915. The maximum Gasteiger partial charge on any atom is 0.336 e. The van der Waals surface area contributed by atoms with Crippen LogP contribution in [0.5, 0.6) is 5.75 Å². The van der Waals surface area contributed by atoms with Crippen molar-refractivity contribution in [2.24, 2.45) is 0 Å². The third-order valence-electron chi connectivity index (χ3n) is 2.53. The van der Waals surface area contributed by atoms with Gasteiger partial charge in [0.25, 0.3) is 0 Å². The summed E-state index contributed by atoms with van der Waals surface area (Å²) in [6.45, 7) is 0.519. The van der Waals surface area contributed by atoms with Crippen molar-refractivity contribution in [1.82, 2.24) is 0 Å². The number of rotatable bonds is 5. The third-order valence-corrected chi connectivity index (χ3v) is 3.79. The summed E-state index contributed by atoms with van der Waals surface area (Å²) >= 11 is 7.46. The molecule has 0 radical (unpaired) electrons. The van der Waals surface area contributed by atoms with Crippen LogP contribution in [-0.4, -0.2) is 18.2 Å². The van der Waals surface area contributed by atoms with Gasteiger partial charge in [0, 0.05) is 22.9 Å². The number of nitrogens with one attached hydrogen (secondary N) is 1. The summed E-state index contributed by atoms with van der Waals surface area (Å²) in [5, 5.41) is 14.2. The van der Waals surface area contributed by atoms with Gasteiger partial charge in [-0.15, -0.1) is 11.3 Å². The fraction of sp³-hybridized carbons (Fsp3) is 0.154. The van der Waals surface area contributed by atoms with Crippen molar-refractivity contribution in [3.63, 3.8) is 0 Å². The molecule has 6 heteroatoms. The highest BCUT2D eigenvalue weighted by Crippen LogP contribution is 2.27. The molecule has 2 aromatic rings. The number of methoxy groups -OCH3 is 1. The van der Waals surface area contributed by atoms with Crippen molar-refractivity contribution in [3.05, 3.63) is 45.1 Å². The lowest BCUT2D eigenvalue weighted by Crippen LogP contribution is -1.99. The number of carbonyl (C=O) groups is 1. The zero-order valence-electron chi connectivity index (χ0n) is 10.1. The molecule has 0 fully saturated rings. The Morgan fingerprint density at radius 1 is 1.47 bits per heavy atom. The first-order valence-electron chi connectivity index (χ1n) is 5.48. The molecule has 0 aliphatic heterocycles. The number of thiophene rings is 1. The predicted molar refractivity (Wildman–Crippen MR) is 76.6 cm³/mol. The molecule has 1 aromatic carbocycles. The average molecular weight is 298 g/mol. The van der Waals surface area contributed by atoms with E-state index in [1.54, 1.807) is 36.8 Å². The minimum absolute atomic E-state index is 0.304. The van der Waals surface area contributed by atoms with Crippen LogP contribution in [-0.2, 0) is 6.54 Å². The van der Waals surface area contributed by atoms with Crippen molar-refractivity contribution in [2.75, 3.05) is 12.4 Å². The molecule has 2 N–H and O–H groups in total. The van der Waals surface area contributed by atoms with E-state index in [1.165, 1.54) is 11.3 Å². The Labute approximate surface area is 119 Å². The van der Waals surface area contributed by atoms with Crippen LogP contribution in [0.2, 0.25) is 5.02 Å². The smallest absolute Gasteiger partial charge is 0.336 e. The summed E-state index contributed by atoms with van der Waals surface area (Å²) in [7, 11) is 1.59. The highest BCUT2D eigenvalue weighted by molar-refractivity contribution is 7.10. The standard InChI is InChI=1S/C13H12ClNO3S/c1-18-9-2-3-11(14)12(5-9)15-6-10-4-8(7-19-10)13(16)17/h2-5,7,15H,6H2,1H3,(H,16,17). The van der Waals surface area contributed by atoms with Crippen LogP contribution in [0.25, 0.3) is 0 Å². The van der Waals surface area contributed by atoms with Gasteiger partial charge >= 0.3 is 5.97 Å². The number of anilines is 1. The van der Waals surface area contributed by atoms with Crippen LogP contribution in [0.1, 0.15) is 15.2 Å². The van der Waals surface area contributed by atoms with E-state index in [0.717, 1.165) is 10.6 Å². The Morgan fingerprint density at radius 2 is 2.26 bits per heavy atom. The lowest BCUT2D eigenvalue weighted by Gasteiger charge is -2.09. The molecule has 1 heterocycles. The van der Waals surface area contributed by atoms with Crippen LogP contribution in [0.3, 0.4) is 0 Å². The average Bonchev–Trinajstić information content (AvgIpc) is 2.87. The van der Waals surface area contributed by atoms with Crippen molar-refractivity contribution in [2.45, 2.75) is 6.54 Å². The van der Waals surface area contributed by atoms with Gasteiger partial charge in [0.15, 0.2) is 0 Å². The second kappa shape index (κ2) is 5.95. The van der Waals surface area contributed by atoms with Gasteiger partial charge in [-0.25, -0.2) is 4.79 Å². The van der Waals surface area contributed by atoms with E-state index >= 15 is 0 Å². The first-order chi connectivity index (χ1) is 9.10. The topological polar surface area (TPSA) is 58.6 Å². The predicted octanol–water partition coefficient (Wildman–Crippen LogP) is 3.72. The van der Waals surface area contributed by atoms with E-state index in [2.05, 4.69) is 5.32 Å². The number of hydrogen-bond acceptors (Lipinski definition) is 4. The minimum Gasteiger partial charge on any atom is -0.497 e. The van der Waals surface area contributed by atoms with E-state index in [4.69, 9.17) is 21.4 Å². The molecule has 19 heavy (non-hydrogen) atoms. The molecule has 2 rings (SSSR count). The van der Waals surface area contributed by atoms with Gasteiger partial charge in [0.05, 0.1) is 23.4 Å². The molecular formula is C13H12ClNO3S. The Kier molecular flexibility index (Phi) is 4.29. The van der Waals surface area contributed by atoms with Crippen LogP contribution in [0.4, 0.5) is 5.69 Å². The summed E-state index contributed by atoms with van der Waals surface area (Å²) < 4.78 is 5.12. The third kappa shape index (κ3) is 3.39. The van der Waals surface area contributed by atoms with Gasteiger partial charge in [-0.2, -0.15) is 0 Å². The number of carboxylic acids is 1. The molecule has 0 aliphatic carbocycles. The molecule has 4 nitrogen and oxygen atoms in total. The number of aromatic carboxylic acids is 1. The summed E-state index contributed by atoms with van der Waals surface area (Å²) in [6, 6.07) is 6.98. The molecule has 0 bridgehead atoms. The molecule has 0 saturated carbocycles. The maximum atomic E-state index is 10.8.